The van der Waals surface area contributed by atoms with Gasteiger partial charge in [-0.05, 0) is 43.4 Å². The summed E-state index contributed by atoms with van der Waals surface area (Å²) in [6.07, 6.45) is 1.57. The molecule has 0 saturated carbocycles. The van der Waals surface area contributed by atoms with Crippen LogP contribution in [0.4, 0.5) is 0 Å². The Labute approximate surface area is 155 Å². The van der Waals surface area contributed by atoms with Crippen molar-refractivity contribution in [1.29, 1.82) is 0 Å². The van der Waals surface area contributed by atoms with Crippen molar-refractivity contribution in [1.82, 2.24) is 14.3 Å². The molecule has 0 aliphatic carbocycles. The van der Waals surface area contributed by atoms with Gasteiger partial charge in [-0.2, -0.15) is 0 Å². The fourth-order valence-electron chi connectivity index (χ4n) is 2.41. The van der Waals surface area contributed by atoms with Crippen molar-refractivity contribution in [2.75, 3.05) is 20.2 Å². The fourth-order valence-corrected chi connectivity index (χ4v) is 2.70. The van der Waals surface area contributed by atoms with E-state index in [1.165, 1.54) is 10.5 Å². The topological polar surface area (TPSA) is 46.8 Å². The Morgan fingerprint density at radius 3 is 2.60 bits per heavy atom. The van der Waals surface area contributed by atoms with Crippen LogP contribution in [0, 0.1) is 0 Å². The third-order valence-corrected chi connectivity index (χ3v) is 4.14. The third-order valence-electron chi connectivity index (χ3n) is 3.66. The normalized spacial score (nSPS) is 11.2. The Morgan fingerprint density at radius 1 is 1.12 bits per heavy atom. The maximum absolute atomic E-state index is 12.2. The summed E-state index contributed by atoms with van der Waals surface area (Å²) in [5, 5.41) is 1.18. The first-order valence-corrected chi connectivity index (χ1v) is 8.51. The lowest BCUT2D eigenvalue weighted by Crippen LogP contribution is -2.26. The van der Waals surface area contributed by atoms with Gasteiger partial charge in [-0.15, -0.1) is 0 Å². The molecule has 3 aromatic rings. The number of halogens is 2. The standard InChI is InChI=1S/C18H17Cl2N3O2/c1-22(8-9-25-16-5-2-13(19)3-6-16)12-15-10-18(24)23-11-14(20)4-7-17(23)21-15/h2-7,10-11H,8-9,12H2,1H3. The van der Waals surface area contributed by atoms with E-state index in [2.05, 4.69) is 4.98 Å². The zero-order valence-corrected chi connectivity index (χ0v) is 15.2. The molecular weight excluding hydrogens is 361 g/mol. The van der Waals surface area contributed by atoms with Crippen LogP contribution in [0.15, 0.2) is 53.5 Å². The van der Waals surface area contributed by atoms with Crippen LogP contribution in [0.3, 0.4) is 0 Å². The molecule has 0 atom stereocenters. The van der Waals surface area contributed by atoms with E-state index < -0.39 is 0 Å². The minimum Gasteiger partial charge on any atom is -0.492 e. The summed E-state index contributed by atoms with van der Waals surface area (Å²) in [5.74, 6) is 0.775. The highest BCUT2D eigenvalue weighted by atomic mass is 35.5. The lowest BCUT2D eigenvalue weighted by molar-refractivity contribution is 0.231. The van der Waals surface area contributed by atoms with Gasteiger partial charge >= 0.3 is 0 Å². The molecule has 1 aromatic carbocycles. The molecule has 0 fully saturated rings. The largest absolute Gasteiger partial charge is 0.492 e. The van der Waals surface area contributed by atoms with E-state index in [0.29, 0.717) is 41.1 Å². The second-order valence-electron chi connectivity index (χ2n) is 5.70. The van der Waals surface area contributed by atoms with Gasteiger partial charge in [0, 0.05) is 30.4 Å². The number of hydrogen-bond acceptors (Lipinski definition) is 4. The molecule has 0 amide bonds. The van der Waals surface area contributed by atoms with Crippen LogP contribution in [0.2, 0.25) is 10.0 Å². The maximum Gasteiger partial charge on any atom is 0.258 e. The van der Waals surface area contributed by atoms with Crippen LogP contribution in [0.25, 0.3) is 5.65 Å². The summed E-state index contributed by atoms with van der Waals surface area (Å²) in [5.41, 5.74) is 1.15. The molecule has 0 saturated heterocycles. The number of hydrogen-bond donors (Lipinski definition) is 0. The van der Waals surface area contributed by atoms with Crippen molar-refractivity contribution in [3.8, 4) is 5.75 Å². The molecule has 130 valence electrons. The van der Waals surface area contributed by atoms with E-state index in [4.69, 9.17) is 27.9 Å². The minimum atomic E-state index is -0.145. The molecule has 0 unspecified atom stereocenters. The van der Waals surface area contributed by atoms with Crippen LogP contribution in [0.5, 0.6) is 5.75 Å². The number of likely N-dealkylation sites (N-methyl/N-ethyl adjacent to an activating group) is 1. The average molecular weight is 378 g/mol. The monoisotopic (exact) mass is 377 g/mol. The first-order chi connectivity index (χ1) is 12.0. The number of ether oxygens (including phenoxy) is 1. The highest BCUT2D eigenvalue weighted by molar-refractivity contribution is 6.30. The summed E-state index contributed by atoms with van der Waals surface area (Å²) in [4.78, 5) is 18.7. The molecule has 0 radical (unpaired) electrons. The van der Waals surface area contributed by atoms with Gasteiger partial charge in [0.2, 0.25) is 0 Å². The molecule has 2 heterocycles. The van der Waals surface area contributed by atoms with E-state index in [-0.39, 0.29) is 5.56 Å². The van der Waals surface area contributed by atoms with Crippen LogP contribution >= 0.6 is 23.2 Å². The Hall–Kier alpha value is -2.08. The van der Waals surface area contributed by atoms with Crippen molar-refractivity contribution in [2.24, 2.45) is 0 Å². The van der Waals surface area contributed by atoms with Gasteiger partial charge in [0.15, 0.2) is 0 Å². The smallest absolute Gasteiger partial charge is 0.258 e. The summed E-state index contributed by atoms with van der Waals surface area (Å²) in [6.45, 7) is 1.78. The number of benzene rings is 1. The van der Waals surface area contributed by atoms with Gasteiger partial charge in [0.1, 0.15) is 18.0 Å². The van der Waals surface area contributed by atoms with E-state index in [1.807, 2.05) is 24.1 Å². The first-order valence-electron chi connectivity index (χ1n) is 7.76. The quantitative estimate of drug-likeness (QED) is 0.659. The third kappa shape index (κ3) is 4.72. The maximum atomic E-state index is 12.2. The summed E-state index contributed by atoms with van der Waals surface area (Å²) >= 11 is 11.8. The molecule has 25 heavy (non-hydrogen) atoms. The van der Waals surface area contributed by atoms with Gasteiger partial charge in [-0.25, -0.2) is 4.98 Å². The van der Waals surface area contributed by atoms with Crippen LogP contribution < -0.4 is 10.3 Å². The lowest BCUT2D eigenvalue weighted by atomic mass is 10.3. The van der Waals surface area contributed by atoms with Crippen LogP contribution in [-0.4, -0.2) is 34.5 Å². The predicted octanol–water partition coefficient (Wildman–Crippen LogP) is 3.51. The van der Waals surface area contributed by atoms with Gasteiger partial charge in [-0.3, -0.25) is 14.1 Å². The highest BCUT2D eigenvalue weighted by Crippen LogP contribution is 2.15. The van der Waals surface area contributed by atoms with Crippen molar-refractivity contribution in [2.45, 2.75) is 6.54 Å². The SMILES string of the molecule is CN(CCOc1ccc(Cl)cc1)Cc1cc(=O)n2cc(Cl)ccc2n1. The summed E-state index contributed by atoms with van der Waals surface area (Å²) in [7, 11) is 1.95. The van der Waals surface area contributed by atoms with Crippen molar-refractivity contribution < 1.29 is 4.74 Å². The molecule has 0 N–H and O–H groups in total. The summed E-state index contributed by atoms with van der Waals surface area (Å²) < 4.78 is 7.12. The molecule has 0 aliphatic rings. The fraction of sp³-hybridized carbons (Fsp3) is 0.222. The Balaban J connectivity index is 1.60. The summed E-state index contributed by atoms with van der Waals surface area (Å²) in [6, 6.07) is 12.2. The van der Waals surface area contributed by atoms with Gasteiger partial charge in [0.25, 0.3) is 5.56 Å². The zero-order chi connectivity index (χ0) is 17.8. The van der Waals surface area contributed by atoms with E-state index in [0.717, 1.165) is 5.75 Å². The molecule has 7 heteroatoms. The number of fused-ring (bicyclic) bond motifs is 1. The van der Waals surface area contributed by atoms with Crippen molar-refractivity contribution >= 4 is 28.8 Å². The number of nitrogens with zero attached hydrogens (tertiary/aromatic N) is 3. The Kier molecular flexibility index (Phi) is 5.58. The molecule has 0 spiro atoms. The molecule has 0 bridgehead atoms. The number of aromatic nitrogens is 2. The van der Waals surface area contributed by atoms with Crippen molar-refractivity contribution in [3.63, 3.8) is 0 Å². The van der Waals surface area contributed by atoms with Gasteiger partial charge in [0.05, 0.1) is 10.7 Å². The molecule has 5 nitrogen and oxygen atoms in total. The number of pyridine rings is 1. The second kappa shape index (κ2) is 7.87. The lowest BCUT2D eigenvalue weighted by Gasteiger charge is -2.16. The minimum absolute atomic E-state index is 0.145. The van der Waals surface area contributed by atoms with E-state index in [1.54, 1.807) is 30.5 Å². The number of rotatable bonds is 6. The van der Waals surface area contributed by atoms with Gasteiger partial charge in [-0.1, -0.05) is 23.2 Å². The first kappa shape index (κ1) is 17.7. The predicted molar refractivity (Wildman–Crippen MR) is 99.8 cm³/mol. The Morgan fingerprint density at radius 2 is 1.84 bits per heavy atom. The van der Waals surface area contributed by atoms with Crippen molar-refractivity contribution in [3.05, 3.63) is 74.8 Å². The second-order valence-corrected chi connectivity index (χ2v) is 6.57. The zero-order valence-electron chi connectivity index (χ0n) is 13.7. The molecular formula is C18H17Cl2N3O2. The molecule has 0 aliphatic heterocycles. The molecule has 3 rings (SSSR count). The van der Waals surface area contributed by atoms with E-state index >= 15 is 0 Å². The van der Waals surface area contributed by atoms with Crippen LogP contribution in [-0.2, 0) is 6.54 Å². The molecule has 2 aromatic heterocycles. The van der Waals surface area contributed by atoms with Gasteiger partial charge < -0.3 is 4.74 Å². The Bertz CT molecular complexity index is 926. The average Bonchev–Trinajstić information content (AvgIpc) is 2.57. The highest BCUT2D eigenvalue weighted by Gasteiger charge is 2.06. The van der Waals surface area contributed by atoms with Crippen LogP contribution in [0.1, 0.15) is 5.69 Å². The van der Waals surface area contributed by atoms with E-state index in [9.17, 15) is 4.79 Å².